The van der Waals surface area contributed by atoms with E-state index >= 15 is 0 Å². The van der Waals surface area contributed by atoms with Crippen molar-refractivity contribution in [1.82, 2.24) is 25.1 Å². The molecule has 0 aromatic carbocycles. The summed E-state index contributed by atoms with van der Waals surface area (Å²) in [4.78, 5) is 22.1. The predicted octanol–water partition coefficient (Wildman–Crippen LogP) is 0.616. The fourth-order valence-corrected chi connectivity index (χ4v) is 1.84. The van der Waals surface area contributed by atoms with Gasteiger partial charge in [-0.3, -0.25) is 4.79 Å². The van der Waals surface area contributed by atoms with Crippen LogP contribution < -0.4 is 10.2 Å². The number of aromatic nitrogens is 4. The Labute approximate surface area is 117 Å². The topological polar surface area (TPSA) is 75.9 Å². The molecule has 2 aromatic rings. The lowest BCUT2D eigenvalue weighted by molar-refractivity contribution is -0.124. The first-order valence-corrected chi connectivity index (χ1v) is 6.32. The lowest BCUT2D eigenvalue weighted by Crippen LogP contribution is -2.31. The Balaban J connectivity index is 2.00. The molecule has 0 saturated heterocycles. The van der Waals surface area contributed by atoms with Crippen molar-refractivity contribution >= 4 is 11.7 Å². The van der Waals surface area contributed by atoms with Crippen LogP contribution in [0.2, 0.25) is 0 Å². The monoisotopic (exact) mass is 274 g/mol. The quantitative estimate of drug-likeness (QED) is 0.865. The molecule has 2 heterocycles. The molecule has 0 spiro atoms. The van der Waals surface area contributed by atoms with Crippen molar-refractivity contribution in [2.75, 3.05) is 19.0 Å². The van der Waals surface area contributed by atoms with Crippen LogP contribution >= 0.6 is 0 Å². The highest BCUT2D eigenvalue weighted by Crippen LogP contribution is 2.14. The Kier molecular flexibility index (Phi) is 4.29. The molecule has 0 unspecified atom stereocenters. The van der Waals surface area contributed by atoms with E-state index in [4.69, 9.17) is 0 Å². The van der Waals surface area contributed by atoms with Gasteiger partial charge in [-0.1, -0.05) is 6.07 Å². The first-order chi connectivity index (χ1) is 9.59. The predicted molar refractivity (Wildman–Crippen MR) is 75.1 cm³/mol. The zero-order chi connectivity index (χ0) is 14.5. The lowest BCUT2D eigenvalue weighted by Gasteiger charge is -2.17. The maximum Gasteiger partial charge on any atom is 0.244 e. The molecule has 2 rings (SSSR count). The van der Waals surface area contributed by atoms with Crippen molar-refractivity contribution in [2.24, 2.45) is 0 Å². The second-order valence-electron chi connectivity index (χ2n) is 4.65. The van der Waals surface area contributed by atoms with Gasteiger partial charge < -0.3 is 10.2 Å². The summed E-state index contributed by atoms with van der Waals surface area (Å²) >= 11 is 0. The van der Waals surface area contributed by atoms with E-state index in [0.717, 1.165) is 11.4 Å². The average Bonchev–Trinajstić information content (AvgIpc) is 2.98. The number of hydrogen-bond acceptors (Lipinski definition) is 5. The van der Waals surface area contributed by atoms with Gasteiger partial charge in [-0.05, 0) is 13.0 Å². The molecule has 0 radical (unpaired) electrons. The summed E-state index contributed by atoms with van der Waals surface area (Å²) in [5, 5.41) is 6.85. The minimum atomic E-state index is -0.392. The average molecular weight is 274 g/mol. The lowest BCUT2D eigenvalue weighted by atomic mass is 10.2. The molecule has 1 N–H and O–H groups in total. The second-order valence-corrected chi connectivity index (χ2v) is 4.65. The highest BCUT2D eigenvalue weighted by atomic mass is 16.2. The maximum atomic E-state index is 12.1. The van der Waals surface area contributed by atoms with Crippen molar-refractivity contribution in [2.45, 2.75) is 19.5 Å². The van der Waals surface area contributed by atoms with Crippen molar-refractivity contribution < 1.29 is 4.79 Å². The summed E-state index contributed by atoms with van der Waals surface area (Å²) < 4.78 is 1.52. The van der Waals surface area contributed by atoms with E-state index in [-0.39, 0.29) is 5.91 Å². The third-order valence-electron chi connectivity index (χ3n) is 2.96. The highest BCUT2D eigenvalue weighted by Gasteiger charge is 2.15. The minimum absolute atomic E-state index is 0.107. The van der Waals surface area contributed by atoms with E-state index in [2.05, 4.69) is 20.4 Å². The van der Waals surface area contributed by atoms with Gasteiger partial charge in [-0.15, -0.1) is 0 Å². The van der Waals surface area contributed by atoms with Crippen LogP contribution in [0.4, 0.5) is 5.82 Å². The summed E-state index contributed by atoms with van der Waals surface area (Å²) in [7, 11) is 3.84. The van der Waals surface area contributed by atoms with Crippen molar-refractivity contribution in [3.8, 4) is 0 Å². The van der Waals surface area contributed by atoms with Gasteiger partial charge >= 0.3 is 0 Å². The number of amides is 1. The van der Waals surface area contributed by atoms with Crippen LogP contribution in [0, 0.1) is 0 Å². The van der Waals surface area contributed by atoms with Gasteiger partial charge in [0.1, 0.15) is 24.5 Å². The summed E-state index contributed by atoms with van der Waals surface area (Å²) in [6, 6.07) is 3.41. The van der Waals surface area contributed by atoms with Gasteiger partial charge in [0, 0.05) is 32.4 Å². The molecular weight excluding hydrogens is 256 g/mol. The van der Waals surface area contributed by atoms with Gasteiger partial charge in [0.25, 0.3) is 0 Å². The molecule has 20 heavy (non-hydrogen) atoms. The van der Waals surface area contributed by atoms with E-state index in [1.54, 1.807) is 13.1 Å². The summed E-state index contributed by atoms with van der Waals surface area (Å²) in [6.07, 6.45) is 4.67. The fraction of sp³-hybridized carbons (Fsp3) is 0.385. The van der Waals surface area contributed by atoms with Crippen LogP contribution in [0.3, 0.4) is 0 Å². The van der Waals surface area contributed by atoms with Gasteiger partial charge in [0.2, 0.25) is 5.91 Å². The molecule has 106 valence electrons. The normalized spacial score (nSPS) is 11.9. The summed E-state index contributed by atoms with van der Waals surface area (Å²) in [5.41, 5.74) is 0.969. The van der Waals surface area contributed by atoms with E-state index in [1.807, 2.05) is 31.1 Å². The van der Waals surface area contributed by atoms with Gasteiger partial charge in [-0.2, -0.15) is 5.10 Å². The molecule has 0 saturated carbocycles. The van der Waals surface area contributed by atoms with Crippen LogP contribution in [0.25, 0.3) is 0 Å². The number of pyridine rings is 1. The molecule has 0 aliphatic rings. The Morgan fingerprint density at radius 3 is 2.95 bits per heavy atom. The zero-order valence-corrected chi connectivity index (χ0v) is 11.8. The SMILES string of the molecule is C[C@H](C(=O)NCc1cccnc1N(C)C)n1cncn1. The van der Waals surface area contributed by atoms with Gasteiger partial charge in [0.05, 0.1) is 0 Å². The number of anilines is 1. The molecule has 0 bridgehead atoms. The Hall–Kier alpha value is -2.44. The molecule has 0 aliphatic carbocycles. The second kappa shape index (κ2) is 6.14. The number of carbonyl (C=O) groups excluding carboxylic acids is 1. The van der Waals surface area contributed by atoms with E-state index in [1.165, 1.54) is 17.3 Å². The fourth-order valence-electron chi connectivity index (χ4n) is 1.84. The zero-order valence-electron chi connectivity index (χ0n) is 11.8. The number of nitrogens with zero attached hydrogens (tertiary/aromatic N) is 5. The maximum absolute atomic E-state index is 12.1. The molecule has 1 atom stereocenters. The molecule has 7 heteroatoms. The van der Waals surface area contributed by atoms with Crippen molar-refractivity contribution in [3.63, 3.8) is 0 Å². The van der Waals surface area contributed by atoms with Crippen LogP contribution in [0.15, 0.2) is 31.0 Å². The Morgan fingerprint density at radius 1 is 1.50 bits per heavy atom. The standard InChI is InChI=1S/C13H18N6O/c1-10(19-9-14-8-17-19)13(20)16-7-11-5-4-6-15-12(11)18(2)3/h4-6,8-10H,7H2,1-3H3,(H,16,20)/t10-/m1/s1. The number of carbonyl (C=O) groups is 1. The first-order valence-electron chi connectivity index (χ1n) is 6.32. The van der Waals surface area contributed by atoms with E-state index in [0.29, 0.717) is 6.54 Å². The number of hydrogen-bond donors (Lipinski definition) is 1. The number of rotatable bonds is 5. The van der Waals surface area contributed by atoms with E-state index < -0.39 is 6.04 Å². The van der Waals surface area contributed by atoms with Crippen molar-refractivity contribution in [3.05, 3.63) is 36.5 Å². The van der Waals surface area contributed by atoms with Crippen LogP contribution in [0.1, 0.15) is 18.5 Å². The molecular formula is C13H18N6O. The van der Waals surface area contributed by atoms with Crippen LogP contribution in [0.5, 0.6) is 0 Å². The van der Waals surface area contributed by atoms with Gasteiger partial charge in [-0.25, -0.2) is 14.6 Å². The minimum Gasteiger partial charge on any atom is -0.362 e. The Morgan fingerprint density at radius 2 is 2.30 bits per heavy atom. The molecule has 7 nitrogen and oxygen atoms in total. The first kappa shape index (κ1) is 14.0. The molecule has 0 fully saturated rings. The van der Waals surface area contributed by atoms with Crippen molar-refractivity contribution in [1.29, 1.82) is 0 Å². The molecule has 0 aliphatic heterocycles. The highest BCUT2D eigenvalue weighted by molar-refractivity contribution is 5.79. The largest absolute Gasteiger partial charge is 0.362 e. The van der Waals surface area contributed by atoms with Crippen LogP contribution in [-0.2, 0) is 11.3 Å². The molecule has 2 aromatic heterocycles. The third kappa shape index (κ3) is 3.11. The summed E-state index contributed by atoms with van der Waals surface area (Å²) in [5.74, 6) is 0.741. The van der Waals surface area contributed by atoms with Crippen LogP contribution in [-0.4, -0.2) is 39.8 Å². The third-order valence-corrected chi connectivity index (χ3v) is 2.96. The van der Waals surface area contributed by atoms with Gasteiger partial charge in [0.15, 0.2) is 0 Å². The molecule has 1 amide bonds. The number of nitrogens with one attached hydrogen (secondary N) is 1. The summed E-state index contributed by atoms with van der Waals surface area (Å²) in [6.45, 7) is 2.21. The smallest absolute Gasteiger partial charge is 0.244 e. The Bertz CT molecular complexity index is 566. The van der Waals surface area contributed by atoms with E-state index in [9.17, 15) is 4.79 Å².